The van der Waals surface area contributed by atoms with E-state index in [-0.39, 0.29) is 6.04 Å². The quantitative estimate of drug-likeness (QED) is 0.528. The highest BCUT2D eigenvalue weighted by Crippen LogP contribution is 2.44. The highest BCUT2D eigenvalue weighted by atomic mass is 35.6. The fraction of sp³-hybridized carbons (Fsp3) is 0.857. The molecule has 0 saturated heterocycles. The van der Waals surface area contributed by atoms with Gasteiger partial charge in [-0.15, -0.1) is 0 Å². The molecule has 16 heavy (non-hydrogen) atoms. The van der Waals surface area contributed by atoms with Gasteiger partial charge in [-0.25, -0.2) is 0 Å². The lowest BCUT2D eigenvalue weighted by Gasteiger charge is -2.39. The topological polar surface area (TPSA) is 18.8 Å². The van der Waals surface area contributed by atoms with E-state index < -0.39 is 13.9 Å². The third kappa shape index (κ3) is 3.27. The van der Waals surface area contributed by atoms with Gasteiger partial charge in [0, 0.05) is 6.04 Å². The van der Waals surface area contributed by atoms with E-state index in [1.54, 1.807) is 5.01 Å². The fourth-order valence-electron chi connectivity index (χ4n) is 1.30. The molecule has 0 N–H and O–H groups in total. The van der Waals surface area contributed by atoms with Crippen molar-refractivity contribution < 1.29 is 0 Å². The Labute approximate surface area is 124 Å². The van der Waals surface area contributed by atoms with Gasteiger partial charge in [-0.2, -0.15) is 5.10 Å². The van der Waals surface area contributed by atoms with Crippen LogP contribution in [-0.2, 0) is 0 Å². The van der Waals surface area contributed by atoms with E-state index in [0.29, 0.717) is 0 Å². The molecule has 0 radical (unpaired) electrons. The lowest BCUT2D eigenvalue weighted by Crippen LogP contribution is -2.54. The molecule has 1 aliphatic heterocycles. The minimum Gasteiger partial charge on any atom is -0.290 e. The van der Waals surface area contributed by atoms with Crippen LogP contribution in [0.4, 0.5) is 0 Å². The molecule has 9 heteroatoms. The van der Waals surface area contributed by atoms with Crippen LogP contribution in [0.5, 0.6) is 0 Å². The molecule has 1 rings (SSSR count). The molecule has 0 spiro atoms. The lowest BCUT2D eigenvalue weighted by molar-refractivity contribution is 0.101. The van der Waals surface area contributed by atoms with Crippen molar-refractivity contribution in [2.75, 3.05) is 0 Å². The van der Waals surface area contributed by atoms with Crippen molar-refractivity contribution in [2.24, 2.45) is 5.10 Å². The highest BCUT2D eigenvalue weighted by Gasteiger charge is 2.50. The highest BCUT2D eigenvalue weighted by molar-refractivity contribution is 6.69. The normalized spacial score (nSPS) is 22.4. The number of halogens is 6. The average Bonchev–Trinajstić information content (AvgIpc) is 2.43. The first-order chi connectivity index (χ1) is 7.05. The molecule has 1 aliphatic rings. The van der Waals surface area contributed by atoms with Crippen LogP contribution >= 0.6 is 69.6 Å². The van der Waals surface area contributed by atoms with Gasteiger partial charge in [0.2, 0.25) is 3.79 Å². The van der Waals surface area contributed by atoms with Gasteiger partial charge in [0.1, 0.15) is 6.34 Å². The first-order valence-corrected chi connectivity index (χ1v) is 6.56. The SMILES string of the molecule is CC(C)N1N=CN(C(Cl)(Cl)Cl)C1C(Cl)(Cl)Cl. The van der Waals surface area contributed by atoms with E-state index in [1.807, 2.05) is 13.8 Å². The maximum Gasteiger partial charge on any atom is 0.270 e. The minimum absolute atomic E-state index is 0.00854. The number of hydrogen-bond acceptors (Lipinski definition) is 3. The van der Waals surface area contributed by atoms with Crippen LogP contribution in [0.3, 0.4) is 0 Å². The summed E-state index contributed by atoms with van der Waals surface area (Å²) in [6, 6.07) is 0.00854. The molecule has 0 saturated carbocycles. The van der Waals surface area contributed by atoms with E-state index in [0.717, 1.165) is 0 Å². The summed E-state index contributed by atoms with van der Waals surface area (Å²) in [6.45, 7) is 3.78. The van der Waals surface area contributed by atoms with Crippen molar-refractivity contribution in [3.05, 3.63) is 0 Å². The average molecular weight is 348 g/mol. The smallest absolute Gasteiger partial charge is 0.270 e. The summed E-state index contributed by atoms with van der Waals surface area (Å²) >= 11 is 34.9. The van der Waals surface area contributed by atoms with Crippen LogP contribution in [0.2, 0.25) is 0 Å². The van der Waals surface area contributed by atoms with Crippen LogP contribution < -0.4 is 0 Å². The van der Waals surface area contributed by atoms with Crippen molar-refractivity contribution in [2.45, 2.75) is 33.8 Å². The van der Waals surface area contributed by atoms with Crippen molar-refractivity contribution in [1.82, 2.24) is 9.91 Å². The Morgan fingerprint density at radius 1 is 1.12 bits per heavy atom. The predicted molar refractivity (Wildman–Crippen MR) is 71.7 cm³/mol. The second-order valence-electron chi connectivity index (χ2n) is 3.50. The van der Waals surface area contributed by atoms with Crippen molar-refractivity contribution in [3.8, 4) is 0 Å². The Hall–Kier alpha value is 1.01. The van der Waals surface area contributed by atoms with Crippen LogP contribution in [-0.4, -0.2) is 36.2 Å². The zero-order valence-electron chi connectivity index (χ0n) is 8.34. The van der Waals surface area contributed by atoms with Gasteiger partial charge in [-0.1, -0.05) is 69.6 Å². The summed E-state index contributed by atoms with van der Waals surface area (Å²) in [4.78, 5) is 1.27. The molecule has 1 unspecified atom stereocenters. The molecule has 0 aromatic carbocycles. The molecule has 1 heterocycles. The van der Waals surface area contributed by atoms with Crippen molar-refractivity contribution in [3.63, 3.8) is 0 Å². The van der Waals surface area contributed by atoms with E-state index in [4.69, 9.17) is 69.6 Å². The molecule has 0 bridgehead atoms. The van der Waals surface area contributed by atoms with Gasteiger partial charge in [0.05, 0.1) is 0 Å². The Morgan fingerprint density at radius 3 is 1.94 bits per heavy atom. The van der Waals surface area contributed by atoms with Gasteiger partial charge < -0.3 is 0 Å². The van der Waals surface area contributed by atoms with Gasteiger partial charge in [-0.3, -0.25) is 9.91 Å². The predicted octanol–water partition coefficient (Wildman–Crippen LogP) is 3.98. The largest absolute Gasteiger partial charge is 0.290 e. The monoisotopic (exact) mass is 345 g/mol. The standard InChI is InChI=1S/C7H9Cl6N3/c1-4(2)16-5(6(8,9)10)15(3-14-16)7(11,12)13/h3-5H,1-2H3. The molecule has 0 fully saturated rings. The number of hydrogen-bond donors (Lipinski definition) is 0. The third-order valence-electron chi connectivity index (χ3n) is 1.94. The second-order valence-corrected chi connectivity index (χ2v) is 8.09. The Morgan fingerprint density at radius 2 is 1.62 bits per heavy atom. The summed E-state index contributed by atoms with van der Waals surface area (Å²) in [5, 5.41) is 5.62. The summed E-state index contributed by atoms with van der Waals surface area (Å²) in [6.07, 6.45) is 0.588. The minimum atomic E-state index is -1.72. The summed E-state index contributed by atoms with van der Waals surface area (Å²) in [7, 11) is 0. The van der Waals surface area contributed by atoms with E-state index >= 15 is 0 Å². The zero-order valence-corrected chi connectivity index (χ0v) is 12.9. The maximum absolute atomic E-state index is 5.87. The maximum atomic E-state index is 5.87. The number of hydrazone groups is 1. The van der Waals surface area contributed by atoms with Crippen molar-refractivity contribution in [1.29, 1.82) is 0 Å². The second kappa shape index (κ2) is 4.94. The first kappa shape index (κ1) is 15.1. The van der Waals surface area contributed by atoms with Crippen LogP contribution in [0.15, 0.2) is 5.10 Å². The van der Waals surface area contributed by atoms with Gasteiger partial charge >= 0.3 is 0 Å². The summed E-state index contributed by atoms with van der Waals surface area (Å²) < 4.78 is -3.37. The van der Waals surface area contributed by atoms with Crippen LogP contribution in [0.25, 0.3) is 0 Å². The molecule has 3 nitrogen and oxygen atoms in total. The fourth-order valence-corrected chi connectivity index (χ4v) is 2.32. The number of nitrogens with zero attached hydrogens (tertiary/aromatic N) is 3. The van der Waals surface area contributed by atoms with Gasteiger partial charge in [0.15, 0.2) is 6.17 Å². The van der Waals surface area contributed by atoms with E-state index in [9.17, 15) is 0 Å². The molecule has 0 aromatic heterocycles. The van der Waals surface area contributed by atoms with E-state index in [1.165, 1.54) is 11.2 Å². The van der Waals surface area contributed by atoms with Crippen molar-refractivity contribution >= 4 is 75.9 Å². The van der Waals surface area contributed by atoms with Gasteiger partial charge in [0.25, 0.3) is 3.92 Å². The molecule has 0 amide bonds. The first-order valence-electron chi connectivity index (χ1n) is 4.29. The molecular weight excluding hydrogens is 339 g/mol. The van der Waals surface area contributed by atoms with E-state index in [2.05, 4.69) is 5.10 Å². The Kier molecular flexibility index (Phi) is 4.66. The zero-order chi connectivity index (χ0) is 12.7. The Bertz CT molecular complexity index is 281. The lowest BCUT2D eigenvalue weighted by atomic mass is 10.3. The molecule has 0 aromatic rings. The van der Waals surface area contributed by atoms with Crippen LogP contribution in [0, 0.1) is 0 Å². The van der Waals surface area contributed by atoms with Crippen LogP contribution in [0.1, 0.15) is 13.8 Å². The number of alkyl halides is 6. The van der Waals surface area contributed by atoms with Gasteiger partial charge in [-0.05, 0) is 13.8 Å². The Balaban J connectivity index is 3.03. The molecule has 0 aliphatic carbocycles. The third-order valence-corrected chi connectivity index (χ3v) is 3.11. The summed E-state index contributed by atoms with van der Waals surface area (Å²) in [5.41, 5.74) is 0. The molecule has 1 atom stereocenters. The number of rotatable bonds is 1. The molecule has 94 valence electrons. The molecular formula is C7H9Cl6N3. The summed E-state index contributed by atoms with van der Waals surface area (Å²) in [5.74, 6) is 0.